The van der Waals surface area contributed by atoms with Gasteiger partial charge in [0.2, 0.25) is 5.95 Å². The lowest BCUT2D eigenvalue weighted by Crippen LogP contribution is -2.00. The van der Waals surface area contributed by atoms with E-state index in [0.717, 1.165) is 17.1 Å². The molecule has 0 aliphatic carbocycles. The van der Waals surface area contributed by atoms with E-state index in [1.54, 1.807) is 6.92 Å². The van der Waals surface area contributed by atoms with Crippen LogP contribution in [-0.2, 0) is 10.4 Å². The van der Waals surface area contributed by atoms with Gasteiger partial charge in [-0.05, 0) is 38.0 Å². The summed E-state index contributed by atoms with van der Waals surface area (Å²) >= 11 is 0. The van der Waals surface area contributed by atoms with Gasteiger partial charge in [-0.2, -0.15) is 8.42 Å². The van der Waals surface area contributed by atoms with Gasteiger partial charge in [0.25, 0.3) is 0 Å². The molecule has 0 amide bonds. The summed E-state index contributed by atoms with van der Waals surface area (Å²) in [5.41, 5.74) is 2.60. The van der Waals surface area contributed by atoms with Crippen molar-refractivity contribution in [3.8, 4) is 11.8 Å². The molecule has 0 saturated carbocycles. The van der Waals surface area contributed by atoms with E-state index in [-0.39, 0.29) is 0 Å². The van der Waals surface area contributed by atoms with Crippen LogP contribution in [0.1, 0.15) is 18.3 Å². The van der Waals surface area contributed by atoms with Crippen LogP contribution in [-0.4, -0.2) is 27.5 Å². The van der Waals surface area contributed by atoms with E-state index in [2.05, 4.69) is 27.1 Å². The maximum Gasteiger partial charge on any atom is 0.394 e. The summed E-state index contributed by atoms with van der Waals surface area (Å²) in [7, 11) is -4.67. The zero-order chi connectivity index (χ0) is 16.6. The molecular formula is C14H15N3O4S. The van der Waals surface area contributed by atoms with Crippen LogP contribution in [0.3, 0.4) is 0 Å². The molecule has 7 nitrogen and oxygen atoms in total. The van der Waals surface area contributed by atoms with E-state index in [9.17, 15) is 0 Å². The lowest BCUT2D eigenvalue weighted by molar-refractivity contribution is 0.381. The van der Waals surface area contributed by atoms with E-state index in [1.807, 2.05) is 43.3 Å². The average Bonchev–Trinajstić information content (AvgIpc) is 2.37. The molecule has 3 N–H and O–H groups in total. The van der Waals surface area contributed by atoms with E-state index >= 15 is 0 Å². The first kappa shape index (κ1) is 17.6. The van der Waals surface area contributed by atoms with Crippen molar-refractivity contribution in [2.45, 2.75) is 13.8 Å². The van der Waals surface area contributed by atoms with Gasteiger partial charge in [-0.3, -0.25) is 9.11 Å². The Morgan fingerprint density at radius 3 is 2.27 bits per heavy atom. The standard InChI is InChI=1S/C14H13N3.H2O4S/c1-3-7-13-10-11(2)15-14(17-13)16-12-8-5-4-6-9-12;1-5(2,3)4/h4-6,8-10H,1-2H3,(H,15,16,17);(H2,1,2,3,4). The third kappa shape index (κ3) is 7.96. The number of aromatic nitrogens is 2. The van der Waals surface area contributed by atoms with Gasteiger partial charge in [-0.1, -0.05) is 24.1 Å². The molecule has 8 heteroatoms. The molecule has 0 saturated heterocycles. The van der Waals surface area contributed by atoms with Gasteiger partial charge in [-0.15, -0.1) is 0 Å². The molecule has 116 valence electrons. The first-order chi connectivity index (χ1) is 10.3. The summed E-state index contributed by atoms with van der Waals surface area (Å²) in [4.78, 5) is 8.64. The molecule has 0 spiro atoms. The van der Waals surface area contributed by atoms with Crippen molar-refractivity contribution in [3.05, 3.63) is 47.8 Å². The smallest absolute Gasteiger partial charge is 0.324 e. The summed E-state index contributed by atoms with van der Waals surface area (Å²) < 4.78 is 31.6. The first-order valence-corrected chi connectivity index (χ1v) is 7.48. The largest absolute Gasteiger partial charge is 0.394 e. The Morgan fingerprint density at radius 2 is 1.73 bits per heavy atom. The zero-order valence-electron chi connectivity index (χ0n) is 12.0. The number of benzene rings is 1. The SMILES string of the molecule is CC#Cc1cc(C)nc(Nc2ccccc2)n1.O=S(=O)(O)O. The Balaban J connectivity index is 0.000000422. The molecule has 1 heterocycles. The number of hydrogen-bond donors (Lipinski definition) is 3. The number of nitrogens with zero attached hydrogens (tertiary/aromatic N) is 2. The van der Waals surface area contributed by atoms with Gasteiger partial charge in [0.05, 0.1) is 0 Å². The van der Waals surface area contributed by atoms with Crippen molar-refractivity contribution in [3.63, 3.8) is 0 Å². The quantitative estimate of drug-likeness (QED) is 0.574. The molecule has 0 radical (unpaired) electrons. The minimum Gasteiger partial charge on any atom is -0.324 e. The maximum absolute atomic E-state index is 8.74. The molecule has 1 aromatic heterocycles. The van der Waals surface area contributed by atoms with Crippen LogP contribution in [0.4, 0.5) is 11.6 Å². The normalized spacial score (nSPS) is 9.82. The van der Waals surface area contributed by atoms with Crippen LogP contribution in [0.25, 0.3) is 0 Å². The van der Waals surface area contributed by atoms with Crippen molar-refractivity contribution in [1.29, 1.82) is 0 Å². The Kier molecular flexibility index (Phi) is 6.47. The summed E-state index contributed by atoms with van der Waals surface area (Å²) in [6.07, 6.45) is 0. The van der Waals surface area contributed by atoms with Crippen LogP contribution in [0.2, 0.25) is 0 Å². The lowest BCUT2D eigenvalue weighted by Gasteiger charge is -2.05. The van der Waals surface area contributed by atoms with E-state index < -0.39 is 10.4 Å². The Labute approximate surface area is 129 Å². The Morgan fingerprint density at radius 1 is 1.14 bits per heavy atom. The Bertz CT molecular complexity index is 773. The average molecular weight is 321 g/mol. The number of anilines is 2. The number of para-hydroxylation sites is 1. The topological polar surface area (TPSA) is 112 Å². The predicted molar refractivity (Wildman–Crippen MR) is 83.2 cm³/mol. The highest BCUT2D eigenvalue weighted by Crippen LogP contribution is 2.12. The summed E-state index contributed by atoms with van der Waals surface area (Å²) in [6, 6.07) is 11.7. The maximum atomic E-state index is 8.74. The molecular weight excluding hydrogens is 306 g/mol. The second kappa shape index (κ2) is 8.09. The van der Waals surface area contributed by atoms with Gasteiger partial charge in [-0.25, -0.2) is 9.97 Å². The summed E-state index contributed by atoms with van der Waals surface area (Å²) in [6.45, 7) is 3.72. The fourth-order valence-electron chi connectivity index (χ4n) is 1.47. The molecule has 0 unspecified atom stereocenters. The third-order valence-electron chi connectivity index (χ3n) is 2.14. The van der Waals surface area contributed by atoms with Gasteiger partial charge >= 0.3 is 10.4 Å². The molecule has 0 bridgehead atoms. The minimum absolute atomic E-state index is 0.578. The van der Waals surface area contributed by atoms with Gasteiger partial charge < -0.3 is 5.32 Å². The second-order valence-electron chi connectivity index (χ2n) is 4.03. The van der Waals surface area contributed by atoms with Gasteiger partial charge in [0, 0.05) is 11.4 Å². The van der Waals surface area contributed by atoms with Crippen molar-refractivity contribution in [1.82, 2.24) is 9.97 Å². The minimum atomic E-state index is -4.67. The van der Waals surface area contributed by atoms with Crippen LogP contribution in [0, 0.1) is 18.8 Å². The monoisotopic (exact) mass is 321 g/mol. The lowest BCUT2D eigenvalue weighted by atomic mass is 10.3. The molecule has 2 aromatic rings. The number of hydrogen-bond acceptors (Lipinski definition) is 5. The van der Waals surface area contributed by atoms with Crippen LogP contribution in [0.15, 0.2) is 36.4 Å². The molecule has 0 fully saturated rings. The fourth-order valence-corrected chi connectivity index (χ4v) is 1.47. The van der Waals surface area contributed by atoms with Crippen molar-refractivity contribution < 1.29 is 17.5 Å². The fraction of sp³-hybridized carbons (Fsp3) is 0.143. The van der Waals surface area contributed by atoms with Crippen LogP contribution < -0.4 is 5.32 Å². The van der Waals surface area contributed by atoms with Crippen molar-refractivity contribution >= 4 is 22.0 Å². The van der Waals surface area contributed by atoms with Crippen molar-refractivity contribution in [2.24, 2.45) is 0 Å². The molecule has 0 aliphatic heterocycles. The van der Waals surface area contributed by atoms with E-state index in [4.69, 9.17) is 17.5 Å². The number of aryl methyl sites for hydroxylation is 1. The van der Waals surface area contributed by atoms with Crippen LogP contribution >= 0.6 is 0 Å². The highest BCUT2D eigenvalue weighted by atomic mass is 32.3. The molecule has 0 aliphatic rings. The second-order valence-corrected chi connectivity index (χ2v) is 4.93. The summed E-state index contributed by atoms with van der Waals surface area (Å²) in [5.74, 6) is 6.35. The molecule has 1 aromatic carbocycles. The zero-order valence-corrected chi connectivity index (χ0v) is 12.8. The highest BCUT2D eigenvalue weighted by molar-refractivity contribution is 7.79. The third-order valence-corrected chi connectivity index (χ3v) is 2.14. The first-order valence-electron chi connectivity index (χ1n) is 6.08. The molecule has 2 rings (SSSR count). The highest BCUT2D eigenvalue weighted by Gasteiger charge is 2.00. The number of rotatable bonds is 2. The van der Waals surface area contributed by atoms with Crippen molar-refractivity contribution in [2.75, 3.05) is 5.32 Å². The van der Waals surface area contributed by atoms with E-state index in [0.29, 0.717) is 5.95 Å². The van der Waals surface area contributed by atoms with E-state index in [1.165, 1.54) is 0 Å². The molecule has 22 heavy (non-hydrogen) atoms. The Hall–Kier alpha value is -2.47. The number of nitrogens with one attached hydrogen (secondary N) is 1. The molecule has 0 atom stereocenters. The van der Waals surface area contributed by atoms with Gasteiger partial charge in [0.15, 0.2) is 0 Å². The predicted octanol–water partition coefficient (Wildman–Crippen LogP) is 2.25. The summed E-state index contributed by atoms with van der Waals surface area (Å²) in [5, 5.41) is 3.15. The van der Waals surface area contributed by atoms with Gasteiger partial charge in [0.1, 0.15) is 5.69 Å². The van der Waals surface area contributed by atoms with Crippen LogP contribution in [0.5, 0.6) is 0 Å².